The molecule has 0 saturated heterocycles. The van der Waals surface area contributed by atoms with Crippen LogP contribution in [0, 0.1) is 23.0 Å². The number of nitriles is 1. The Labute approximate surface area is 174 Å². The van der Waals surface area contributed by atoms with Gasteiger partial charge in [-0.3, -0.25) is 9.59 Å². The summed E-state index contributed by atoms with van der Waals surface area (Å²) in [5, 5.41) is 9.01. The summed E-state index contributed by atoms with van der Waals surface area (Å²) in [5.74, 6) is -2.68. The number of carbonyl (C=O) groups excluding carboxylic acids is 2. The number of thiazole rings is 1. The van der Waals surface area contributed by atoms with Crippen LogP contribution in [-0.4, -0.2) is 22.7 Å². The van der Waals surface area contributed by atoms with Crippen LogP contribution in [0.3, 0.4) is 0 Å². The van der Waals surface area contributed by atoms with Crippen LogP contribution >= 0.6 is 11.3 Å². The molecule has 0 radical (unpaired) electrons. The maximum absolute atomic E-state index is 13.9. The van der Waals surface area contributed by atoms with E-state index in [1.807, 2.05) is 0 Å². The summed E-state index contributed by atoms with van der Waals surface area (Å²) in [6.07, 6.45) is 0. The lowest BCUT2D eigenvalue weighted by Crippen LogP contribution is -2.39. The van der Waals surface area contributed by atoms with Crippen LogP contribution in [0.5, 0.6) is 0 Å². The molecular formula is C20H15F2N5O2S. The minimum absolute atomic E-state index is 0.00955. The lowest BCUT2D eigenvalue weighted by molar-refractivity contribution is -0.118. The fourth-order valence-electron chi connectivity index (χ4n) is 2.69. The van der Waals surface area contributed by atoms with E-state index in [1.165, 1.54) is 48.2 Å². The first kappa shape index (κ1) is 20.9. The largest absolute Gasteiger partial charge is 0.382 e. The van der Waals surface area contributed by atoms with Crippen LogP contribution in [0.1, 0.15) is 27.7 Å². The Bertz CT molecular complexity index is 1170. The third-order valence-electron chi connectivity index (χ3n) is 4.31. The van der Waals surface area contributed by atoms with Crippen molar-refractivity contribution in [3.05, 3.63) is 70.1 Å². The second-order valence-electron chi connectivity index (χ2n) is 6.27. The van der Waals surface area contributed by atoms with Gasteiger partial charge in [-0.2, -0.15) is 5.26 Å². The number of nitrogen functional groups attached to an aromatic ring is 1. The highest BCUT2D eigenvalue weighted by molar-refractivity contribution is 7.18. The molecule has 152 valence electrons. The van der Waals surface area contributed by atoms with Crippen LogP contribution < -0.4 is 16.4 Å². The number of anilines is 3. The molecule has 10 heteroatoms. The molecule has 3 rings (SSSR count). The first-order chi connectivity index (χ1) is 14.2. The Morgan fingerprint density at radius 2 is 1.87 bits per heavy atom. The van der Waals surface area contributed by atoms with Gasteiger partial charge in [0, 0.05) is 11.3 Å². The van der Waals surface area contributed by atoms with Crippen LogP contribution in [0.4, 0.5) is 25.4 Å². The summed E-state index contributed by atoms with van der Waals surface area (Å²) >= 11 is 0.882. The number of hydrogen-bond donors (Lipinski definition) is 2. The van der Waals surface area contributed by atoms with Gasteiger partial charge in [0.2, 0.25) is 11.7 Å². The Morgan fingerprint density at radius 1 is 1.20 bits per heavy atom. The van der Waals surface area contributed by atoms with E-state index < -0.39 is 29.4 Å². The molecule has 0 spiro atoms. The topological polar surface area (TPSA) is 126 Å². The average molecular weight is 427 g/mol. The summed E-state index contributed by atoms with van der Waals surface area (Å²) in [5.41, 5.74) is 11.6. The Morgan fingerprint density at radius 3 is 2.43 bits per heavy atom. The predicted molar refractivity (Wildman–Crippen MR) is 108 cm³/mol. The van der Waals surface area contributed by atoms with Crippen molar-refractivity contribution in [2.24, 2.45) is 5.73 Å². The number of nitrogens with zero attached hydrogens (tertiary/aromatic N) is 3. The number of halogens is 2. The minimum Gasteiger partial charge on any atom is -0.382 e. The standard InChI is InChI=1S/C20H15F2N5O2S/c1-10(19(25)29)27(14-6-4-13(21)5-7-14)20-26-18(24)17(30-20)16(28)11-2-3-12(9-23)15(22)8-11/h2-8,10H,24H2,1H3,(H2,25,29)/t10-/m0/s1. The number of primary amides is 1. The van der Waals surface area contributed by atoms with Crippen molar-refractivity contribution in [1.82, 2.24) is 4.98 Å². The molecular weight excluding hydrogens is 412 g/mol. The maximum atomic E-state index is 13.9. The van der Waals surface area contributed by atoms with Gasteiger partial charge in [-0.15, -0.1) is 0 Å². The highest BCUT2D eigenvalue weighted by Gasteiger charge is 2.27. The van der Waals surface area contributed by atoms with E-state index in [2.05, 4.69) is 4.98 Å². The third kappa shape index (κ3) is 3.97. The average Bonchev–Trinajstić information content (AvgIpc) is 3.09. The second-order valence-corrected chi connectivity index (χ2v) is 7.25. The van der Waals surface area contributed by atoms with Crippen LogP contribution in [0.15, 0.2) is 42.5 Å². The smallest absolute Gasteiger partial charge is 0.240 e. The van der Waals surface area contributed by atoms with E-state index in [0.717, 1.165) is 17.4 Å². The highest BCUT2D eigenvalue weighted by Crippen LogP contribution is 2.36. The molecule has 0 aliphatic heterocycles. The molecule has 3 aromatic rings. The molecule has 0 aliphatic rings. The number of carbonyl (C=O) groups is 2. The zero-order valence-electron chi connectivity index (χ0n) is 15.6. The summed E-state index contributed by atoms with van der Waals surface area (Å²) in [4.78, 5) is 30.3. The van der Waals surface area contributed by atoms with Crippen molar-refractivity contribution in [2.75, 3.05) is 10.6 Å². The molecule has 0 saturated carbocycles. The van der Waals surface area contributed by atoms with Gasteiger partial charge >= 0.3 is 0 Å². The van der Waals surface area contributed by atoms with E-state index in [4.69, 9.17) is 16.7 Å². The molecule has 0 fully saturated rings. The molecule has 1 amide bonds. The van der Waals surface area contributed by atoms with E-state index in [9.17, 15) is 18.4 Å². The number of rotatable bonds is 6. The van der Waals surface area contributed by atoms with Gasteiger partial charge in [0.05, 0.1) is 5.56 Å². The van der Waals surface area contributed by atoms with Gasteiger partial charge in [0.1, 0.15) is 34.4 Å². The molecule has 30 heavy (non-hydrogen) atoms. The van der Waals surface area contributed by atoms with Gasteiger partial charge in [0.15, 0.2) is 5.13 Å². The molecule has 0 aliphatic carbocycles. The monoisotopic (exact) mass is 427 g/mol. The summed E-state index contributed by atoms with van der Waals surface area (Å²) in [6, 6.07) is 9.54. The SMILES string of the molecule is C[C@@H](C(N)=O)N(c1ccc(F)cc1)c1nc(N)c(C(=O)c2ccc(C#N)c(F)c2)s1. The lowest BCUT2D eigenvalue weighted by atomic mass is 10.1. The van der Waals surface area contributed by atoms with Crippen molar-refractivity contribution in [3.8, 4) is 6.07 Å². The summed E-state index contributed by atoms with van der Waals surface area (Å²) < 4.78 is 27.2. The number of nitrogens with two attached hydrogens (primary N) is 2. The van der Waals surface area contributed by atoms with Crippen molar-refractivity contribution < 1.29 is 18.4 Å². The first-order valence-electron chi connectivity index (χ1n) is 8.57. The van der Waals surface area contributed by atoms with E-state index in [-0.39, 0.29) is 27.0 Å². The Kier molecular flexibility index (Phi) is 5.75. The predicted octanol–water partition coefficient (Wildman–Crippen LogP) is 3.12. The quantitative estimate of drug-likeness (QED) is 0.582. The van der Waals surface area contributed by atoms with Crippen molar-refractivity contribution in [3.63, 3.8) is 0 Å². The minimum atomic E-state index is -0.878. The van der Waals surface area contributed by atoms with Crippen molar-refractivity contribution in [2.45, 2.75) is 13.0 Å². The van der Waals surface area contributed by atoms with E-state index in [1.54, 1.807) is 6.07 Å². The van der Waals surface area contributed by atoms with Gasteiger partial charge in [-0.05, 0) is 49.4 Å². The van der Waals surface area contributed by atoms with Crippen LogP contribution in [0.25, 0.3) is 0 Å². The van der Waals surface area contributed by atoms with Gasteiger partial charge in [-0.1, -0.05) is 11.3 Å². The second kappa shape index (κ2) is 8.26. The fourth-order valence-corrected chi connectivity index (χ4v) is 3.74. The van der Waals surface area contributed by atoms with Crippen molar-refractivity contribution >= 4 is 39.7 Å². The zero-order chi connectivity index (χ0) is 22.0. The summed E-state index contributed by atoms with van der Waals surface area (Å²) in [6.45, 7) is 1.53. The number of amides is 1. The molecule has 1 atom stereocenters. The normalized spacial score (nSPS) is 11.5. The number of benzene rings is 2. The third-order valence-corrected chi connectivity index (χ3v) is 5.38. The molecule has 7 nitrogen and oxygen atoms in total. The van der Waals surface area contributed by atoms with E-state index >= 15 is 0 Å². The zero-order valence-corrected chi connectivity index (χ0v) is 16.4. The lowest BCUT2D eigenvalue weighted by Gasteiger charge is -2.26. The number of aromatic nitrogens is 1. The summed E-state index contributed by atoms with van der Waals surface area (Å²) in [7, 11) is 0. The van der Waals surface area contributed by atoms with Gasteiger partial charge in [0.25, 0.3) is 0 Å². The van der Waals surface area contributed by atoms with Crippen LogP contribution in [-0.2, 0) is 4.79 Å². The van der Waals surface area contributed by atoms with Crippen molar-refractivity contribution in [1.29, 1.82) is 5.26 Å². The molecule has 0 bridgehead atoms. The molecule has 1 heterocycles. The highest BCUT2D eigenvalue weighted by atomic mass is 32.1. The van der Waals surface area contributed by atoms with E-state index in [0.29, 0.717) is 5.69 Å². The number of hydrogen-bond acceptors (Lipinski definition) is 7. The first-order valence-corrected chi connectivity index (χ1v) is 9.39. The Balaban J connectivity index is 2.04. The molecule has 0 unspecified atom stereocenters. The Hall–Kier alpha value is -3.84. The molecule has 2 aromatic carbocycles. The maximum Gasteiger partial charge on any atom is 0.240 e. The number of ketones is 1. The molecule has 4 N–H and O–H groups in total. The fraction of sp³-hybridized carbons (Fsp3) is 0.100. The van der Waals surface area contributed by atoms with Crippen LogP contribution in [0.2, 0.25) is 0 Å². The van der Waals surface area contributed by atoms with Gasteiger partial charge in [-0.25, -0.2) is 13.8 Å². The molecule has 1 aromatic heterocycles. The van der Waals surface area contributed by atoms with Gasteiger partial charge < -0.3 is 16.4 Å².